The molecule has 0 radical (unpaired) electrons. The molecule has 1 rings (SSSR count). The van der Waals surface area contributed by atoms with Crippen molar-refractivity contribution in [3.05, 3.63) is 34.9 Å². The summed E-state index contributed by atoms with van der Waals surface area (Å²) in [6.45, 7) is 4.39. The number of carboxylic acids is 1. The van der Waals surface area contributed by atoms with Crippen LogP contribution in [-0.2, 0) is 4.79 Å². The van der Waals surface area contributed by atoms with E-state index in [0.717, 1.165) is 11.1 Å². The highest BCUT2D eigenvalue weighted by atomic mass is 16.4. The Balaban J connectivity index is 3.01. The van der Waals surface area contributed by atoms with Crippen molar-refractivity contribution in [1.82, 2.24) is 0 Å². The number of carbonyl (C=O) groups is 1. The molecule has 82 valence electrons. The maximum Gasteiger partial charge on any atom is 0.311 e. The summed E-state index contributed by atoms with van der Waals surface area (Å²) in [5.74, 6) is -1.28. The van der Waals surface area contributed by atoms with Crippen molar-refractivity contribution in [2.24, 2.45) is 5.73 Å². The fourth-order valence-corrected chi connectivity index (χ4v) is 1.58. The molecule has 3 heteroatoms. The van der Waals surface area contributed by atoms with Crippen molar-refractivity contribution in [2.45, 2.75) is 26.2 Å². The topological polar surface area (TPSA) is 63.3 Å². The molecular weight excluding hydrogens is 190 g/mol. The lowest BCUT2D eigenvalue weighted by Crippen LogP contribution is -2.16. The highest BCUT2D eigenvalue weighted by molar-refractivity contribution is 5.76. The van der Waals surface area contributed by atoms with E-state index in [2.05, 4.69) is 0 Å². The lowest BCUT2D eigenvalue weighted by atomic mass is 9.93. The van der Waals surface area contributed by atoms with Gasteiger partial charge in [-0.25, -0.2) is 0 Å². The second kappa shape index (κ2) is 4.94. The van der Waals surface area contributed by atoms with Gasteiger partial charge in [-0.05, 0) is 43.5 Å². The van der Waals surface area contributed by atoms with Gasteiger partial charge in [-0.15, -0.1) is 0 Å². The molecule has 15 heavy (non-hydrogen) atoms. The van der Waals surface area contributed by atoms with Gasteiger partial charge in [0, 0.05) is 0 Å². The molecule has 0 unspecified atom stereocenters. The molecule has 0 heterocycles. The maximum atomic E-state index is 11.0. The third-order valence-corrected chi connectivity index (χ3v) is 2.69. The van der Waals surface area contributed by atoms with Crippen LogP contribution in [0.1, 0.15) is 29.0 Å². The smallest absolute Gasteiger partial charge is 0.311 e. The molecule has 1 atom stereocenters. The van der Waals surface area contributed by atoms with E-state index in [1.165, 1.54) is 5.56 Å². The Bertz CT molecular complexity index is 361. The molecule has 0 aliphatic rings. The molecule has 0 saturated heterocycles. The molecule has 0 spiro atoms. The number of carboxylic acid groups (broad SMARTS) is 1. The number of nitrogens with two attached hydrogens (primary N) is 1. The Kier molecular flexibility index (Phi) is 3.86. The number of aliphatic carboxylic acids is 1. The summed E-state index contributed by atoms with van der Waals surface area (Å²) in [5, 5.41) is 9.06. The van der Waals surface area contributed by atoms with Crippen LogP contribution in [0.15, 0.2) is 18.2 Å². The van der Waals surface area contributed by atoms with E-state index < -0.39 is 11.9 Å². The average molecular weight is 207 g/mol. The van der Waals surface area contributed by atoms with Crippen LogP contribution in [0.25, 0.3) is 0 Å². The first-order valence-electron chi connectivity index (χ1n) is 5.06. The van der Waals surface area contributed by atoms with Crippen molar-refractivity contribution in [3.8, 4) is 0 Å². The van der Waals surface area contributed by atoms with Gasteiger partial charge in [-0.3, -0.25) is 4.79 Å². The van der Waals surface area contributed by atoms with Crippen molar-refractivity contribution in [2.75, 3.05) is 6.54 Å². The van der Waals surface area contributed by atoms with E-state index in [-0.39, 0.29) is 0 Å². The fraction of sp³-hybridized carbons (Fsp3) is 0.417. The van der Waals surface area contributed by atoms with Crippen LogP contribution in [0.5, 0.6) is 0 Å². The zero-order valence-electron chi connectivity index (χ0n) is 9.16. The average Bonchev–Trinajstić information content (AvgIpc) is 2.18. The van der Waals surface area contributed by atoms with Crippen LogP contribution >= 0.6 is 0 Å². The predicted molar refractivity (Wildman–Crippen MR) is 60.0 cm³/mol. The molecule has 0 aromatic heterocycles. The third kappa shape index (κ3) is 2.80. The molecule has 0 bridgehead atoms. The molecule has 0 aliphatic carbocycles. The van der Waals surface area contributed by atoms with Crippen molar-refractivity contribution >= 4 is 5.97 Å². The normalized spacial score (nSPS) is 12.5. The van der Waals surface area contributed by atoms with Crippen LogP contribution in [0, 0.1) is 13.8 Å². The molecule has 0 fully saturated rings. The third-order valence-electron chi connectivity index (χ3n) is 2.69. The molecule has 3 N–H and O–H groups in total. The molecule has 0 aliphatic heterocycles. The van der Waals surface area contributed by atoms with Crippen LogP contribution < -0.4 is 5.73 Å². The van der Waals surface area contributed by atoms with Gasteiger partial charge in [0.05, 0.1) is 5.92 Å². The minimum absolute atomic E-state index is 0.393. The van der Waals surface area contributed by atoms with E-state index in [4.69, 9.17) is 10.8 Å². The summed E-state index contributed by atoms with van der Waals surface area (Å²) in [4.78, 5) is 11.0. The van der Waals surface area contributed by atoms with Gasteiger partial charge in [0.25, 0.3) is 0 Å². The molecule has 0 amide bonds. The van der Waals surface area contributed by atoms with Gasteiger partial charge >= 0.3 is 5.97 Å². The number of aryl methyl sites for hydroxylation is 2. The van der Waals surface area contributed by atoms with Gasteiger partial charge in [0.15, 0.2) is 0 Å². The second-order valence-corrected chi connectivity index (χ2v) is 3.81. The van der Waals surface area contributed by atoms with Gasteiger partial charge in [-0.1, -0.05) is 18.2 Å². The first kappa shape index (κ1) is 11.7. The van der Waals surface area contributed by atoms with Gasteiger partial charge in [0.1, 0.15) is 0 Å². The summed E-state index contributed by atoms with van der Waals surface area (Å²) in [6, 6.07) is 5.76. The Labute approximate surface area is 89.9 Å². The Hall–Kier alpha value is -1.35. The summed E-state index contributed by atoms with van der Waals surface area (Å²) in [5.41, 5.74) is 8.55. The van der Waals surface area contributed by atoms with E-state index in [0.29, 0.717) is 13.0 Å². The lowest BCUT2D eigenvalue weighted by molar-refractivity contribution is -0.138. The predicted octanol–water partition coefficient (Wildman–Crippen LogP) is 1.82. The minimum atomic E-state index is -0.802. The van der Waals surface area contributed by atoms with Gasteiger partial charge < -0.3 is 10.8 Å². The number of benzene rings is 1. The molecule has 3 nitrogen and oxygen atoms in total. The van der Waals surface area contributed by atoms with Crippen molar-refractivity contribution < 1.29 is 9.90 Å². The van der Waals surface area contributed by atoms with E-state index in [1.54, 1.807) is 0 Å². The molecule has 1 aromatic carbocycles. The number of rotatable bonds is 4. The standard InChI is InChI=1S/C12H17NO2/c1-8-3-4-10(7-9(8)2)11(5-6-13)12(14)15/h3-4,7,11H,5-6,13H2,1-2H3,(H,14,15)/t11-/m0/s1. The largest absolute Gasteiger partial charge is 0.481 e. The Morgan fingerprint density at radius 3 is 2.53 bits per heavy atom. The number of hydrogen-bond acceptors (Lipinski definition) is 2. The molecule has 1 aromatic rings. The quantitative estimate of drug-likeness (QED) is 0.791. The van der Waals surface area contributed by atoms with Crippen molar-refractivity contribution in [1.29, 1.82) is 0 Å². The zero-order chi connectivity index (χ0) is 11.4. The van der Waals surface area contributed by atoms with Gasteiger partial charge in [0.2, 0.25) is 0 Å². The Morgan fingerprint density at radius 1 is 1.40 bits per heavy atom. The highest BCUT2D eigenvalue weighted by Gasteiger charge is 2.18. The summed E-state index contributed by atoms with van der Waals surface area (Å²) >= 11 is 0. The fourth-order valence-electron chi connectivity index (χ4n) is 1.58. The molecule has 0 saturated carbocycles. The van der Waals surface area contributed by atoms with E-state index in [9.17, 15) is 4.79 Å². The lowest BCUT2D eigenvalue weighted by Gasteiger charge is -2.13. The zero-order valence-corrected chi connectivity index (χ0v) is 9.16. The molecular formula is C12H17NO2. The first-order valence-corrected chi connectivity index (χ1v) is 5.06. The highest BCUT2D eigenvalue weighted by Crippen LogP contribution is 2.21. The monoisotopic (exact) mass is 207 g/mol. The van der Waals surface area contributed by atoms with Crippen LogP contribution in [0.3, 0.4) is 0 Å². The van der Waals surface area contributed by atoms with Crippen LogP contribution in [0.2, 0.25) is 0 Å². The number of hydrogen-bond donors (Lipinski definition) is 2. The van der Waals surface area contributed by atoms with E-state index >= 15 is 0 Å². The summed E-state index contributed by atoms with van der Waals surface area (Å²) < 4.78 is 0. The van der Waals surface area contributed by atoms with Crippen LogP contribution in [-0.4, -0.2) is 17.6 Å². The summed E-state index contributed by atoms with van der Waals surface area (Å²) in [6.07, 6.45) is 0.484. The van der Waals surface area contributed by atoms with Crippen molar-refractivity contribution in [3.63, 3.8) is 0 Å². The minimum Gasteiger partial charge on any atom is -0.481 e. The van der Waals surface area contributed by atoms with Crippen LogP contribution in [0.4, 0.5) is 0 Å². The van der Waals surface area contributed by atoms with Gasteiger partial charge in [-0.2, -0.15) is 0 Å². The SMILES string of the molecule is Cc1ccc([C@H](CCN)C(=O)O)cc1C. The summed E-state index contributed by atoms with van der Waals surface area (Å²) in [7, 11) is 0. The maximum absolute atomic E-state index is 11.0. The van der Waals surface area contributed by atoms with E-state index in [1.807, 2.05) is 32.0 Å². The first-order chi connectivity index (χ1) is 7.06. The second-order valence-electron chi connectivity index (χ2n) is 3.81. The Morgan fingerprint density at radius 2 is 2.07 bits per heavy atom.